The van der Waals surface area contributed by atoms with Crippen LogP contribution < -0.4 is 5.32 Å². The first kappa shape index (κ1) is 14.7. The third-order valence-corrected chi connectivity index (χ3v) is 3.63. The second-order valence-corrected chi connectivity index (χ2v) is 5.55. The van der Waals surface area contributed by atoms with Gasteiger partial charge in [-0.05, 0) is 41.7 Å². The molecule has 0 amide bonds. The van der Waals surface area contributed by atoms with Crippen molar-refractivity contribution < 1.29 is 4.39 Å². The van der Waals surface area contributed by atoms with E-state index in [0.29, 0.717) is 5.92 Å². The fourth-order valence-corrected chi connectivity index (χ4v) is 2.16. The summed E-state index contributed by atoms with van der Waals surface area (Å²) in [6, 6.07) is 15.6. The Morgan fingerprint density at radius 2 is 1.40 bits per heavy atom. The second kappa shape index (κ2) is 6.67. The molecule has 0 aliphatic carbocycles. The number of hydrogen-bond donors (Lipinski definition) is 1. The molecule has 0 aliphatic heterocycles. The van der Waals surface area contributed by atoms with Crippen LogP contribution in [0.4, 0.5) is 4.39 Å². The first-order valence-corrected chi connectivity index (χ1v) is 7.14. The van der Waals surface area contributed by atoms with Crippen LogP contribution in [0.3, 0.4) is 0 Å². The smallest absolute Gasteiger partial charge is 0.123 e. The summed E-state index contributed by atoms with van der Waals surface area (Å²) in [5.74, 6) is 0.375. The molecule has 0 aliphatic rings. The lowest BCUT2D eigenvalue weighted by Crippen LogP contribution is -2.18. The molecule has 106 valence electrons. The Morgan fingerprint density at radius 3 is 1.95 bits per heavy atom. The topological polar surface area (TPSA) is 12.0 Å². The predicted octanol–water partition coefficient (Wildman–Crippen LogP) is 4.80. The van der Waals surface area contributed by atoms with Gasteiger partial charge in [0.2, 0.25) is 0 Å². The van der Waals surface area contributed by atoms with Crippen molar-refractivity contribution >= 4 is 0 Å². The number of benzene rings is 2. The minimum absolute atomic E-state index is 0.190. The molecule has 2 aromatic rings. The Morgan fingerprint density at radius 1 is 0.850 bits per heavy atom. The molecule has 2 aromatic carbocycles. The molecule has 0 radical (unpaired) electrons. The first-order valence-electron chi connectivity index (χ1n) is 7.14. The monoisotopic (exact) mass is 271 g/mol. The lowest BCUT2D eigenvalue weighted by atomic mass is 10.0. The summed E-state index contributed by atoms with van der Waals surface area (Å²) in [5.41, 5.74) is 3.73. The van der Waals surface area contributed by atoms with E-state index in [0.717, 1.165) is 12.1 Å². The molecule has 1 unspecified atom stereocenters. The Kier molecular flexibility index (Phi) is 4.91. The molecule has 0 bridgehead atoms. The van der Waals surface area contributed by atoms with Crippen LogP contribution in [0.2, 0.25) is 0 Å². The largest absolute Gasteiger partial charge is 0.306 e. The lowest BCUT2D eigenvalue weighted by Gasteiger charge is -2.15. The maximum atomic E-state index is 12.9. The summed E-state index contributed by atoms with van der Waals surface area (Å²) in [7, 11) is 0. The minimum atomic E-state index is -0.190. The third-order valence-electron chi connectivity index (χ3n) is 3.63. The van der Waals surface area contributed by atoms with Crippen molar-refractivity contribution in [2.75, 3.05) is 0 Å². The maximum absolute atomic E-state index is 12.9. The molecule has 0 heterocycles. The van der Waals surface area contributed by atoms with E-state index in [9.17, 15) is 4.39 Å². The van der Waals surface area contributed by atoms with Crippen molar-refractivity contribution in [3.63, 3.8) is 0 Å². The zero-order valence-corrected chi connectivity index (χ0v) is 12.4. The van der Waals surface area contributed by atoms with Crippen LogP contribution in [-0.2, 0) is 6.54 Å². The predicted molar refractivity (Wildman–Crippen MR) is 82.2 cm³/mol. The van der Waals surface area contributed by atoms with Crippen LogP contribution in [0.5, 0.6) is 0 Å². The van der Waals surface area contributed by atoms with Gasteiger partial charge in [0, 0.05) is 12.6 Å². The highest BCUT2D eigenvalue weighted by Gasteiger charge is 2.05. The van der Waals surface area contributed by atoms with Crippen LogP contribution in [0, 0.1) is 5.82 Å². The van der Waals surface area contributed by atoms with Gasteiger partial charge in [-0.3, -0.25) is 0 Å². The number of rotatable bonds is 5. The van der Waals surface area contributed by atoms with Crippen LogP contribution in [0.15, 0.2) is 48.5 Å². The van der Waals surface area contributed by atoms with E-state index in [2.05, 4.69) is 50.4 Å². The molecule has 1 nitrogen and oxygen atoms in total. The molecule has 0 saturated carbocycles. The maximum Gasteiger partial charge on any atom is 0.123 e. The van der Waals surface area contributed by atoms with Gasteiger partial charge in [-0.2, -0.15) is 0 Å². The number of nitrogens with one attached hydrogen (secondary N) is 1. The van der Waals surface area contributed by atoms with E-state index in [1.54, 1.807) is 0 Å². The van der Waals surface area contributed by atoms with Gasteiger partial charge in [0.1, 0.15) is 5.82 Å². The van der Waals surface area contributed by atoms with E-state index in [-0.39, 0.29) is 11.9 Å². The molecule has 20 heavy (non-hydrogen) atoms. The Labute approximate surface area is 120 Å². The van der Waals surface area contributed by atoms with Crippen molar-refractivity contribution in [1.82, 2.24) is 5.32 Å². The Balaban J connectivity index is 1.92. The minimum Gasteiger partial charge on any atom is -0.306 e. The highest BCUT2D eigenvalue weighted by molar-refractivity contribution is 5.25. The summed E-state index contributed by atoms with van der Waals surface area (Å²) >= 11 is 0. The quantitative estimate of drug-likeness (QED) is 0.823. The van der Waals surface area contributed by atoms with Gasteiger partial charge in [-0.1, -0.05) is 50.2 Å². The number of halogens is 1. The van der Waals surface area contributed by atoms with Crippen LogP contribution in [0.1, 0.15) is 49.4 Å². The zero-order chi connectivity index (χ0) is 14.5. The SMILES string of the molecule is CC(C)c1ccc(CNC(C)c2ccc(F)cc2)cc1. The fourth-order valence-electron chi connectivity index (χ4n) is 2.16. The summed E-state index contributed by atoms with van der Waals surface area (Å²) in [6.07, 6.45) is 0. The number of hydrogen-bond acceptors (Lipinski definition) is 1. The van der Waals surface area contributed by atoms with E-state index >= 15 is 0 Å². The molecule has 0 fully saturated rings. The van der Waals surface area contributed by atoms with Gasteiger partial charge in [0.05, 0.1) is 0 Å². The van der Waals surface area contributed by atoms with Gasteiger partial charge >= 0.3 is 0 Å². The Hall–Kier alpha value is -1.67. The van der Waals surface area contributed by atoms with Crippen molar-refractivity contribution in [2.45, 2.75) is 39.3 Å². The van der Waals surface area contributed by atoms with Crippen molar-refractivity contribution in [2.24, 2.45) is 0 Å². The molecular weight excluding hydrogens is 249 g/mol. The van der Waals surface area contributed by atoms with Crippen molar-refractivity contribution in [3.05, 3.63) is 71.0 Å². The summed E-state index contributed by atoms with van der Waals surface area (Å²) in [5, 5.41) is 3.46. The Bertz CT molecular complexity index is 528. The molecule has 1 atom stereocenters. The summed E-state index contributed by atoms with van der Waals surface area (Å²) in [6.45, 7) is 7.31. The summed E-state index contributed by atoms with van der Waals surface area (Å²) < 4.78 is 12.9. The molecule has 0 saturated heterocycles. The first-order chi connectivity index (χ1) is 9.56. The van der Waals surface area contributed by atoms with Crippen LogP contribution in [-0.4, -0.2) is 0 Å². The van der Waals surface area contributed by atoms with Crippen molar-refractivity contribution in [3.8, 4) is 0 Å². The summed E-state index contributed by atoms with van der Waals surface area (Å²) in [4.78, 5) is 0. The third kappa shape index (κ3) is 3.91. The van der Waals surface area contributed by atoms with Crippen molar-refractivity contribution in [1.29, 1.82) is 0 Å². The molecular formula is C18H22FN. The molecule has 1 N–H and O–H groups in total. The molecule has 2 rings (SSSR count). The highest BCUT2D eigenvalue weighted by atomic mass is 19.1. The van der Waals surface area contributed by atoms with E-state index < -0.39 is 0 Å². The normalized spacial score (nSPS) is 12.7. The highest BCUT2D eigenvalue weighted by Crippen LogP contribution is 2.16. The van der Waals surface area contributed by atoms with Gasteiger partial charge in [-0.25, -0.2) is 4.39 Å². The van der Waals surface area contributed by atoms with E-state index in [1.165, 1.54) is 23.3 Å². The van der Waals surface area contributed by atoms with E-state index in [1.807, 2.05) is 12.1 Å². The van der Waals surface area contributed by atoms with Gasteiger partial charge in [-0.15, -0.1) is 0 Å². The standard InChI is InChI=1S/C18H22FN/c1-13(2)16-6-4-15(5-7-16)12-20-14(3)17-8-10-18(19)11-9-17/h4-11,13-14,20H,12H2,1-3H3. The van der Waals surface area contributed by atoms with Gasteiger partial charge < -0.3 is 5.32 Å². The lowest BCUT2D eigenvalue weighted by molar-refractivity contribution is 0.571. The molecule has 0 aromatic heterocycles. The molecule has 0 spiro atoms. The van der Waals surface area contributed by atoms with Crippen LogP contribution >= 0.6 is 0 Å². The van der Waals surface area contributed by atoms with Gasteiger partial charge in [0.15, 0.2) is 0 Å². The average Bonchev–Trinajstić information content (AvgIpc) is 2.46. The van der Waals surface area contributed by atoms with E-state index in [4.69, 9.17) is 0 Å². The fraction of sp³-hybridized carbons (Fsp3) is 0.333. The zero-order valence-electron chi connectivity index (χ0n) is 12.4. The average molecular weight is 271 g/mol. The molecule has 2 heteroatoms. The second-order valence-electron chi connectivity index (χ2n) is 5.55. The van der Waals surface area contributed by atoms with Crippen LogP contribution in [0.25, 0.3) is 0 Å². The van der Waals surface area contributed by atoms with Gasteiger partial charge in [0.25, 0.3) is 0 Å².